The number of phenolic OH excluding ortho intramolecular Hbond substituents is 1. The van der Waals surface area contributed by atoms with Crippen molar-refractivity contribution in [2.24, 2.45) is 0 Å². The summed E-state index contributed by atoms with van der Waals surface area (Å²) >= 11 is 0. The van der Waals surface area contributed by atoms with Gasteiger partial charge in [0.25, 0.3) is 0 Å². The van der Waals surface area contributed by atoms with Crippen LogP contribution in [0.1, 0.15) is 40.2 Å². The molecule has 4 nitrogen and oxygen atoms in total. The third-order valence-electron chi connectivity index (χ3n) is 2.42. The molecule has 0 amide bonds. The molecule has 4 heteroatoms. The first-order chi connectivity index (χ1) is 8.25. The number of rotatable bonds is 3. The lowest BCUT2D eigenvalue weighted by molar-refractivity contribution is -0.132. The summed E-state index contributed by atoms with van der Waals surface area (Å²) in [4.78, 5) is 11.0. The van der Waals surface area contributed by atoms with Crippen molar-refractivity contribution >= 4 is 5.97 Å². The molecule has 1 aromatic rings. The number of benzene rings is 1. The minimum Gasteiger partial charge on any atom is -0.504 e. The van der Waals surface area contributed by atoms with Crippen molar-refractivity contribution in [3.63, 3.8) is 0 Å². The average Bonchev–Trinajstić information content (AvgIpc) is 2.20. The molecule has 0 atom stereocenters. The van der Waals surface area contributed by atoms with Crippen LogP contribution in [0.3, 0.4) is 0 Å². The smallest absolute Gasteiger partial charge is 0.308 e. The Bertz CT molecular complexity index is 444. The molecule has 0 heterocycles. The summed E-state index contributed by atoms with van der Waals surface area (Å²) in [6.45, 7) is 9.58. The maximum absolute atomic E-state index is 11.0. The summed E-state index contributed by atoms with van der Waals surface area (Å²) in [5.74, 6) is 0.231. The highest BCUT2D eigenvalue weighted by atomic mass is 16.5. The first-order valence-electron chi connectivity index (χ1n) is 5.94. The Hall–Kier alpha value is -1.71. The fourth-order valence-electron chi connectivity index (χ4n) is 1.64. The van der Waals surface area contributed by atoms with Gasteiger partial charge in [0.15, 0.2) is 11.5 Å². The van der Waals surface area contributed by atoms with E-state index in [0.29, 0.717) is 17.9 Å². The molecule has 0 radical (unpaired) electrons. The van der Waals surface area contributed by atoms with Crippen molar-refractivity contribution in [3.05, 3.63) is 17.7 Å². The van der Waals surface area contributed by atoms with Crippen molar-refractivity contribution in [2.45, 2.75) is 40.0 Å². The molecule has 1 aromatic carbocycles. The third kappa shape index (κ3) is 3.39. The maximum Gasteiger partial charge on any atom is 0.308 e. The molecule has 0 spiro atoms. The van der Waals surface area contributed by atoms with Crippen LogP contribution in [-0.4, -0.2) is 17.7 Å². The number of aromatic hydroxyl groups is 1. The summed E-state index contributed by atoms with van der Waals surface area (Å²) in [7, 11) is 0. The van der Waals surface area contributed by atoms with Gasteiger partial charge in [-0.1, -0.05) is 20.8 Å². The molecule has 18 heavy (non-hydrogen) atoms. The van der Waals surface area contributed by atoms with E-state index in [4.69, 9.17) is 9.47 Å². The van der Waals surface area contributed by atoms with E-state index in [9.17, 15) is 9.90 Å². The van der Waals surface area contributed by atoms with E-state index in [2.05, 4.69) is 0 Å². The highest BCUT2D eigenvalue weighted by molar-refractivity contribution is 5.71. The second-order valence-electron chi connectivity index (χ2n) is 5.09. The van der Waals surface area contributed by atoms with Gasteiger partial charge in [-0.2, -0.15) is 0 Å². The molecule has 0 aliphatic rings. The first kappa shape index (κ1) is 14.4. The van der Waals surface area contributed by atoms with E-state index in [1.165, 1.54) is 13.0 Å². The molecule has 1 rings (SSSR count). The lowest BCUT2D eigenvalue weighted by Crippen LogP contribution is -2.13. The predicted molar refractivity (Wildman–Crippen MR) is 69.3 cm³/mol. The minimum atomic E-state index is -0.473. The lowest BCUT2D eigenvalue weighted by Gasteiger charge is -2.22. The van der Waals surface area contributed by atoms with Crippen molar-refractivity contribution in [1.82, 2.24) is 0 Å². The van der Waals surface area contributed by atoms with E-state index in [0.717, 1.165) is 0 Å². The number of phenols is 1. The molecule has 1 N–H and O–H groups in total. The Kier molecular flexibility index (Phi) is 4.22. The largest absolute Gasteiger partial charge is 0.504 e. The summed E-state index contributed by atoms with van der Waals surface area (Å²) in [6.07, 6.45) is 0. The van der Waals surface area contributed by atoms with Gasteiger partial charge in [-0.05, 0) is 18.4 Å². The van der Waals surface area contributed by atoms with Gasteiger partial charge < -0.3 is 14.6 Å². The minimum absolute atomic E-state index is 0.0128. The van der Waals surface area contributed by atoms with Gasteiger partial charge in [0.05, 0.1) is 6.61 Å². The van der Waals surface area contributed by atoms with Gasteiger partial charge in [0, 0.05) is 18.6 Å². The summed E-state index contributed by atoms with van der Waals surface area (Å²) in [5, 5.41) is 10.1. The topological polar surface area (TPSA) is 55.8 Å². The molecular weight excluding hydrogens is 232 g/mol. The Morgan fingerprint density at radius 1 is 1.33 bits per heavy atom. The van der Waals surface area contributed by atoms with Crippen LogP contribution in [-0.2, 0) is 10.2 Å². The lowest BCUT2D eigenvalue weighted by atomic mass is 9.86. The molecular formula is C14H20O4. The molecule has 0 fully saturated rings. The second kappa shape index (κ2) is 5.29. The van der Waals surface area contributed by atoms with Crippen LogP contribution in [0.5, 0.6) is 17.2 Å². The predicted octanol–water partition coefficient (Wildman–Crippen LogP) is 3.01. The number of carbonyl (C=O) groups excluding carboxylic acids is 1. The zero-order valence-corrected chi connectivity index (χ0v) is 11.5. The van der Waals surface area contributed by atoms with Crippen molar-refractivity contribution in [3.8, 4) is 17.2 Å². The van der Waals surface area contributed by atoms with Crippen LogP contribution < -0.4 is 9.47 Å². The Labute approximate surface area is 108 Å². The van der Waals surface area contributed by atoms with Crippen LogP contribution in [0.25, 0.3) is 0 Å². The maximum atomic E-state index is 11.0. The molecule has 0 saturated heterocycles. The van der Waals surface area contributed by atoms with Gasteiger partial charge in [0.2, 0.25) is 0 Å². The van der Waals surface area contributed by atoms with Crippen molar-refractivity contribution < 1.29 is 19.4 Å². The van der Waals surface area contributed by atoms with Gasteiger partial charge in [-0.25, -0.2) is 0 Å². The molecule has 0 saturated carbocycles. The second-order valence-corrected chi connectivity index (χ2v) is 5.09. The Morgan fingerprint density at radius 2 is 1.94 bits per heavy atom. The van der Waals surface area contributed by atoms with E-state index >= 15 is 0 Å². The van der Waals surface area contributed by atoms with Crippen LogP contribution in [0.4, 0.5) is 0 Å². The first-order valence-corrected chi connectivity index (χ1v) is 5.94. The van der Waals surface area contributed by atoms with Gasteiger partial charge in [-0.3, -0.25) is 4.79 Å². The normalized spacial score (nSPS) is 11.2. The Balaban J connectivity index is 3.33. The molecule has 0 unspecified atom stereocenters. The Morgan fingerprint density at radius 3 is 2.39 bits per heavy atom. The molecule has 0 aliphatic carbocycles. The fraction of sp³-hybridized carbons (Fsp3) is 0.500. The van der Waals surface area contributed by atoms with Gasteiger partial charge >= 0.3 is 5.97 Å². The molecule has 100 valence electrons. The average molecular weight is 252 g/mol. The monoisotopic (exact) mass is 252 g/mol. The zero-order chi connectivity index (χ0) is 13.9. The van der Waals surface area contributed by atoms with Crippen molar-refractivity contribution in [1.29, 1.82) is 0 Å². The third-order valence-corrected chi connectivity index (χ3v) is 2.42. The molecule has 0 aromatic heterocycles. The highest BCUT2D eigenvalue weighted by Crippen LogP contribution is 2.41. The van der Waals surface area contributed by atoms with Crippen LogP contribution >= 0.6 is 0 Å². The van der Waals surface area contributed by atoms with Crippen LogP contribution in [0, 0.1) is 0 Å². The van der Waals surface area contributed by atoms with Crippen LogP contribution in [0.2, 0.25) is 0 Å². The molecule has 0 bridgehead atoms. The van der Waals surface area contributed by atoms with E-state index in [1.807, 2.05) is 27.7 Å². The SMILES string of the molecule is CCOc1cc(OC(C)=O)c(O)c(C(C)(C)C)c1. The zero-order valence-electron chi connectivity index (χ0n) is 11.5. The number of carbonyl (C=O) groups is 1. The fourth-order valence-corrected chi connectivity index (χ4v) is 1.64. The number of hydrogen-bond donors (Lipinski definition) is 1. The van der Waals surface area contributed by atoms with E-state index < -0.39 is 5.97 Å². The number of hydrogen-bond acceptors (Lipinski definition) is 4. The van der Waals surface area contributed by atoms with Gasteiger partial charge in [0.1, 0.15) is 5.75 Å². The summed E-state index contributed by atoms with van der Waals surface area (Å²) in [5.41, 5.74) is 0.413. The highest BCUT2D eigenvalue weighted by Gasteiger charge is 2.23. The number of esters is 1. The van der Waals surface area contributed by atoms with Crippen LogP contribution in [0.15, 0.2) is 12.1 Å². The standard InChI is InChI=1S/C14H20O4/c1-6-17-10-7-11(14(3,4)5)13(16)12(8-10)18-9(2)15/h7-8,16H,6H2,1-5H3. The number of ether oxygens (including phenoxy) is 2. The van der Waals surface area contributed by atoms with Crippen molar-refractivity contribution in [2.75, 3.05) is 6.61 Å². The quantitative estimate of drug-likeness (QED) is 0.663. The molecule has 0 aliphatic heterocycles. The summed E-state index contributed by atoms with van der Waals surface area (Å²) < 4.78 is 10.4. The van der Waals surface area contributed by atoms with E-state index in [1.54, 1.807) is 6.07 Å². The van der Waals surface area contributed by atoms with Gasteiger partial charge in [-0.15, -0.1) is 0 Å². The van der Waals surface area contributed by atoms with E-state index in [-0.39, 0.29) is 16.9 Å². The summed E-state index contributed by atoms with van der Waals surface area (Å²) in [6, 6.07) is 3.29.